The van der Waals surface area contributed by atoms with Crippen LogP contribution in [-0.4, -0.2) is 51.6 Å². The molecular formula is C12H19N3O3. The molecule has 2 heterocycles. The molecule has 0 aromatic carbocycles. The van der Waals surface area contributed by atoms with Gasteiger partial charge < -0.3 is 24.8 Å². The second kappa shape index (κ2) is 6.42. The molecule has 0 unspecified atom stereocenters. The summed E-state index contributed by atoms with van der Waals surface area (Å²) in [5.41, 5.74) is 7.35. The lowest BCUT2D eigenvalue weighted by Gasteiger charge is -2.29. The number of anilines is 2. The van der Waals surface area contributed by atoms with Gasteiger partial charge in [0.1, 0.15) is 12.3 Å². The first-order chi connectivity index (χ1) is 8.81. The van der Waals surface area contributed by atoms with Crippen LogP contribution in [0.1, 0.15) is 0 Å². The summed E-state index contributed by atoms with van der Waals surface area (Å²) in [5.74, 6) is 0.600. The summed E-state index contributed by atoms with van der Waals surface area (Å²) in [6.07, 6.45) is 1.60. The third-order valence-corrected chi connectivity index (χ3v) is 2.73. The highest BCUT2D eigenvalue weighted by Crippen LogP contribution is 2.28. The number of nitrogens with two attached hydrogens (primary N) is 1. The summed E-state index contributed by atoms with van der Waals surface area (Å²) >= 11 is 0. The van der Waals surface area contributed by atoms with E-state index in [-0.39, 0.29) is 0 Å². The third-order valence-electron chi connectivity index (χ3n) is 2.73. The lowest BCUT2D eigenvalue weighted by atomic mass is 10.3. The quantitative estimate of drug-likeness (QED) is 0.772. The van der Waals surface area contributed by atoms with Crippen molar-refractivity contribution >= 4 is 11.4 Å². The molecule has 0 saturated carbocycles. The van der Waals surface area contributed by atoms with E-state index in [0.29, 0.717) is 38.0 Å². The molecule has 6 heteroatoms. The fourth-order valence-electron chi connectivity index (χ4n) is 1.82. The molecule has 0 amide bonds. The van der Waals surface area contributed by atoms with Crippen molar-refractivity contribution in [2.24, 2.45) is 0 Å². The highest BCUT2D eigenvalue weighted by Gasteiger charge is 2.17. The van der Waals surface area contributed by atoms with Crippen LogP contribution in [0.15, 0.2) is 12.3 Å². The van der Waals surface area contributed by atoms with Gasteiger partial charge in [0.15, 0.2) is 0 Å². The molecule has 1 aliphatic heterocycles. The Hall–Kier alpha value is -1.53. The maximum Gasteiger partial charge on any atom is 0.237 e. The average Bonchev–Trinajstić information content (AvgIpc) is 2.41. The van der Waals surface area contributed by atoms with Crippen LogP contribution in [0.2, 0.25) is 0 Å². The predicted molar refractivity (Wildman–Crippen MR) is 69.1 cm³/mol. The Labute approximate surface area is 107 Å². The molecule has 2 N–H and O–H groups in total. The molecule has 0 spiro atoms. The minimum absolute atomic E-state index is 0.477. The van der Waals surface area contributed by atoms with E-state index >= 15 is 0 Å². The van der Waals surface area contributed by atoms with E-state index in [1.54, 1.807) is 13.3 Å². The summed E-state index contributed by atoms with van der Waals surface area (Å²) in [4.78, 5) is 6.42. The number of rotatable bonds is 5. The monoisotopic (exact) mass is 253 g/mol. The van der Waals surface area contributed by atoms with Crippen LogP contribution in [0, 0.1) is 0 Å². The Morgan fingerprint density at radius 2 is 2.17 bits per heavy atom. The minimum atomic E-state index is 0.477. The second-order valence-electron chi connectivity index (χ2n) is 4.03. The van der Waals surface area contributed by atoms with Gasteiger partial charge in [-0.25, -0.2) is 4.98 Å². The highest BCUT2D eigenvalue weighted by molar-refractivity contribution is 5.61. The number of ether oxygens (including phenoxy) is 3. The summed E-state index contributed by atoms with van der Waals surface area (Å²) in [7, 11) is 1.64. The maximum atomic E-state index is 5.79. The van der Waals surface area contributed by atoms with Crippen LogP contribution >= 0.6 is 0 Å². The molecule has 0 aliphatic carbocycles. The van der Waals surface area contributed by atoms with E-state index in [2.05, 4.69) is 9.88 Å². The van der Waals surface area contributed by atoms with Crippen LogP contribution in [0.25, 0.3) is 0 Å². The van der Waals surface area contributed by atoms with Gasteiger partial charge in [0.05, 0.1) is 31.7 Å². The molecule has 1 aromatic rings. The first kappa shape index (κ1) is 12.9. The number of nitrogen functional groups attached to an aromatic ring is 1. The van der Waals surface area contributed by atoms with Crippen molar-refractivity contribution in [2.75, 3.05) is 57.3 Å². The fourth-order valence-corrected chi connectivity index (χ4v) is 1.82. The SMILES string of the molecule is COCCOc1ncc(N)cc1N1CCOCC1. The highest BCUT2D eigenvalue weighted by atomic mass is 16.5. The zero-order valence-corrected chi connectivity index (χ0v) is 10.6. The summed E-state index contributed by atoms with van der Waals surface area (Å²) in [5, 5.41) is 0. The van der Waals surface area contributed by atoms with E-state index in [0.717, 1.165) is 18.8 Å². The van der Waals surface area contributed by atoms with Crippen molar-refractivity contribution in [3.63, 3.8) is 0 Å². The van der Waals surface area contributed by atoms with E-state index in [4.69, 9.17) is 19.9 Å². The van der Waals surface area contributed by atoms with Crippen molar-refractivity contribution in [1.82, 2.24) is 4.98 Å². The second-order valence-corrected chi connectivity index (χ2v) is 4.03. The number of pyridine rings is 1. The number of nitrogens with zero attached hydrogens (tertiary/aromatic N) is 2. The van der Waals surface area contributed by atoms with Crippen LogP contribution in [0.3, 0.4) is 0 Å². The van der Waals surface area contributed by atoms with Gasteiger partial charge in [-0.2, -0.15) is 0 Å². The van der Waals surface area contributed by atoms with Crippen LogP contribution in [0.4, 0.5) is 11.4 Å². The molecule has 0 radical (unpaired) electrons. The van der Waals surface area contributed by atoms with Crippen molar-refractivity contribution in [2.45, 2.75) is 0 Å². The Kier molecular flexibility index (Phi) is 4.60. The Morgan fingerprint density at radius 3 is 2.89 bits per heavy atom. The average molecular weight is 253 g/mol. The lowest BCUT2D eigenvalue weighted by molar-refractivity contribution is 0.121. The molecule has 1 aromatic heterocycles. The first-order valence-corrected chi connectivity index (χ1v) is 6.01. The molecule has 2 rings (SSSR count). The Bertz CT molecular complexity index is 381. The minimum Gasteiger partial charge on any atom is -0.474 e. The molecule has 0 bridgehead atoms. The molecule has 1 saturated heterocycles. The van der Waals surface area contributed by atoms with Crippen molar-refractivity contribution in [3.8, 4) is 5.88 Å². The maximum absolute atomic E-state index is 5.79. The number of hydrogen-bond acceptors (Lipinski definition) is 6. The van der Waals surface area contributed by atoms with Crippen molar-refractivity contribution < 1.29 is 14.2 Å². The molecule has 0 atom stereocenters. The molecule has 1 aliphatic rings. The number of hydrogen-bond donors (Lipinski definition) is 1. The van der Waals surface area contributed by atoms with Crippen molar-refractivity contribution in [1.29, 1.82) is 0 Å². The van der Waals surface area contributed by atoms with Crippen molar-refractivity contribution in [3.05, 3.63) is 12.3 Å². The topological polar surface area (TPSA) is 69.8 Å². The van der Waals surface area contributed by atoms with E-state index in [1.165, 1.54) is 0 Å². The van der Waals surface area contributed by atoms with Gasteiger partial charge in [0.2, 0.25) is 5.88 Å². The first-order valence-electron chi connectivity index (χ1n) is 6.01. The van der Waals surface area contributed by atoms with Gasteiger partial charge in [-0.15, -0.1) is 0 Å². The molecule has 1 fully saturated rings. The van der Waals surface area contributed by atoms with E-state index in [1.807, 2.05) is 6.07 Å². The molecule has 18 heavy (non-hydrogen) atoms. The fraction of sp³-hybridized carbons (Fsp3) is 0.583. The van der Waals surface area contributed by atoms with Crippen LogP contribution in [0.5, 0.6) is 5.88 Å². The smallest absolute Gasteiger partial charge is 0.237 e. The van der Waals surface area contributed by atoms with E-state index in [9.17, 15) is 0 Å². The van der Waals surface area contributed by atoms with Gasteiger partial charge in [0, 0.05) is 20.2 Å². The van der Waals surface area contributed by atoms with Gasteiger partial charge in [0.25, 0.3) is 0 Å². The summed E-state index contributed by atoms with van der Waals surface area (Å²) in [6, 6.07) is 1.89. The van der Waals surface area contributed by atoms with Gasteiger partial charge in [-0.1, -0.05) is 0 Å². The van der Waals surface area contributed by atoms with Gasteiger partial charge >= 0.3 is 0 Å². The molecule has 6 nitrogen and oxygen atoms in total. The summed E-state index contributed by atoms with van der Waals surface area (Å²) < 4.78 is 15.9. The number of aromatic nitrogens is 1. The standard InChI is InChI=1S/C12H19N3O3/c1-16-6-7-18-12-11(8-10(13)9-14-12)15-2-4-17-5-3-15/h8-9H,2-7,13H2,1H3. The lowest BCUT2D eigenvalue weighted by Crippen LogP contribution is -2.36. The van der Waals surface area contributed by atoms with E-state index < -0.39 is 0 Å². The van der Waals surface area contributed by atoms with Gasteiger partial charge in [-0.3, -0.25) is 0 Å². The Morgan fingerprint density at radius 1 is 1.39 bits per heavy atom. The zero-order chi connectivity index (χ0) is 12.8. The number of methoxy groups -OCH3 is 1. The third kappa shape index (κ3) is 3.24. The Balaban J connectivity index is 2.11. The van der Waals surface area contributed by atoms with Crippen LogP contribution < -0.4 is 15.4 Å². The summed E-state index contributed by atoms with van der Waals surface area (Å²) in [6.45, 7) is 4.09. The largest absolute Gasteiger partial charge is 0.474 e. The normalized spacial score (nSPS) is 15.7. The predicted octanol–water partition coefficient (Wildman–Crippen LogP) is 0.526. The zero-order valence-electron chi connectivity index (χ0n) is 10.6. The number of morpholine rings is 1. The van der Waals surface area contributed by atoms with Crippen LogP contribution in [-0.2, 0) is 9.47 Å². The van der Waals surface area contributed by atoms with Gasteiger partial charge in [-0.05, 0) is 6.07 Å². The molecule has 100 valence electrons. The molecular weight excluding hydrogens is 234 g/mol.